The Hall–Kier alpha value is -1.76. The largest absolute Gasteiger partial charge is 0.338 e. The Morgan fingerprint density at radius 1 is 1.25 bits per heavy atom. The van der Waals surface area contributed by atoms with Crippen molar-refractivity contribution in [1.29, 1.82) is 0 Å². The fraction of sp³-hybridized carbons (Fsp3) is 0.647. The van der Waals surface area contributed by atoms with Crippen LogP contribution in [0.5, 0.6) is 0 Å². The summed E-state index contributed by atoms with van der Waals surface area (Å²) in [5.74, 6) is 0.427. The topological polar surface area (TPSA) is 73.5 Å². The SMILES string of the molecule is CC(C)(C)NC(=O)N1CCC(CNC(=O)NCc2cccs2)CC1. The van der Waals surface area contributed by atoms with Gasteiger partial charge in [0.05, 0.1) is 6.54 Å². The number of hydrogen-bond acceptors (Lipinski definition) is 3. The molecule has 2 heterocycles. The standard InChI is InChI=1S/C17H28N4O2S/c1-17(2,3)20-16(23)21-8-6-13(7-9-21)11-18-15(22)19-12-14-5-4-10-24-14/h4-5,10,13H,6-9,11-12H2,1-3H3,(H,20,23)(H2,18,19,22). The molecule has 1 aliphatic rings. The number of hydrogen-bond donors (Lipinski definition) is 3. The van der Waals surface area contributed by atoms with Gasteiger partial charge in [0, 0.05) is 30.1 Å². The predicted octanol–water partition coefficient (Wildman–Crippen LogP) is 2.77. The van der Waals surface area contributed by atoms with Crippen molar-refractivity contribution >= 4 is 23.4 Å². The second-order valence-corrected chi connectivity index (χ2v) is 8.29. The molecule has 0 aliphatic carbocycles. The molecule has 2 rings (SSSR count). The normalized spacial score (nSPS) is 15.9. The van der Waals surface area contributed by atoms with E-state index in [1.807, 2.05) is 43.2 Å². The molecule has 0 unspecified atom stereocenters. The highest BCUT2D eigenvalue weighted by atomic mass is 32.1. The van der Waals surface area contributed by atoms with Gasteiger partial charge in [-0.15, -0.1) is 11.3 Å². The van der Waals surface area contributed by atoms with Gasteiger partial charge >= 0.3 is 12.1 Å². The van der Waals surface area contributed by atoms with E-state index in [9.17, 15) is 9.59 Å². The Morgan fingerprint density at radius 2 is 1.96 bits per heavy atom. The number of carbonyl (C=O) groups excluding carboxylic acids is 2. The van der Waals surface area contributed by atoms with E-state index in [1.165, 1.54) is 0 Å². The maximum absolute atomic E-state index is 12.1. The van der Waals surface area contributed by atoms with E-state index in [-0.39, 0.29) is 17.6 Å². The van der Waals surface area contributed by atoms with Crippen LogP contribution < -0.4 is 16.0 Å². The van der Waals surface area contributed by atoms with Crippen molar-refractivity contribution in [3.05, 3.63) is 22.4 Å². The van der Waals surface area contributed by atoms with Gasteiger partial charge in [-0.2, -0.15) is 0 Å². The van der Waals surface area contributed by atoms with Crippen LogP contribution in [0.4, 0.5) is 9.59 Å². The van der Waals surface area contributed by atoms with Crippen LogP contribution in [-0.2, 0) is 6.54 Å². The maximum Gasteiger partial charge on any atom is 0.317 e. The van der Waals surface area contributed by atoms with Crippen LogP contribution in [0.1, 0.15) is 38.5 Å². The Kier molecular flexibility index (Phi) is 6.48. The summed E-state index contributed by atoms with van der Waals surface area (Å²) in [4.78, 5) is 26.9. The maximum atomic E-state index is 12.1. The van der Waals surface area contributed by atoms with E-state index in [1.54, 1.807) is 11.3 Å². The average molecular weight is 353 g/mol. The monoisotopic (exact) mass is 352 g/mol. The molecule has 0 saturated carbocycles. The molecule has 1 fully saturated rings. The molecule has 1 aromatic heterocycles. The third-order valence-electron chi connectivity index (χ3n) is 3.94. The Morgan fingerprint density at radius 3 is 2.54 bits per heavy atom. The lowest BCUT2D eigenvalue weighted by Gasteiger charge is -2.34. The van der Waals surface area contributed by atoms with Crippen molar-refractivity contribution in [3.63, 3.8) is 0 Å². The summed E-state index contributed by atoms with van der Waals surface area (Å²) in [7, 11) is 0. The Balaban J connectivity index is 1.62. The molecule has 24 heavy (non-hydrogen) atoms. The molecule has 0 aromatic carbocycles. The molecule has 0 spiro atoms. The number of nitrogens with zero attached hydrogens (tertiary/aromatic N) is 1. The minimum absolute atomic E-state index is 0.00241. The lowest BCUT2D eigenvalue weighted by atomic mass is 9.97. The molecule has 134 valence electrons. The summed E-state index contributed by atoms with van der Waals surface area (Å²) in [6.45, 7) is 8.65. The number of likely N-dealkylation sites (tertiary alicyclic amines) is 1. The number of urea groups is 2. The van der Waals surface area contributed by atoms with Gasteiger partial charge in [0.25, 0.3) is 0 Å². The van der Waals surface area contributed by atoms with Gasteiger partial charge in [-0.25, -0.2) is 9.59 Å². The first kappa shape index (κ1) is 18.6. The third kappa shape index (κ3) is 6.39. The molecule has 0 radical (unpaired) electrons. The highest BCUT2D eigenvalue weighted by molar-refractivity contribution is 7.09. The molecule has 1 saturated heterocycles. The summed E-state index contributed by atoms with van der Waals surface area (Å²) in [6, 6.07) is 3.85. The summed E-state index contributed by atoms with van der Waals surface area (Å²) < 4.78 is 0. The molecule has 7 heteroatoms. The van der Waals surface area contributed by atoms with Crippen molar-refractivity contribution in [2.24, 2.45) is 5.92 Å². The quantitative estimate of drug-likeness (QED) is 0.779. The zero-order chi connectivity index (χ0) is 17.6. The number of amides is 4. The van der Waals surface area contributed by atoms with Crippen molar-refractivity contribution in [2.75, 3.05) is 19.6 Å². The summed E-state index contributed by atoms with van der Waals surface area (Å²) in [5.41, 5.74) is -0.212. The summed E-state index contributed by atoms with van der Waals surface area (Å²) in [6.07, 6.45) is 1.84. The lowest BCUT2D eigenvalue weighted by molar-refractivity contribution is 0.162. The van der Waals surface area contributed by atoms with Gasteiger partial charge in [-0.3, -0.25) is 0 Å². The lowest BCUT2D eigenvalue weighted by Crippen LogP contribution is -2.51. The van der Waals surface area contributed by atoms with Gasteiger partial charge in [0.1, 0.15) is 0 Å². The molecule has 1 aromatic rings. The summed E-state index contributed by atoms with van der Waals surface area (Å²) in [5, 5.41) is 10.8. The number of nitrogens with one attached hydrogen (secondary N) is 3. The molecule has 4 amide bonds. The van der Waals surface area contributed by atoms with E-state index in [0.29, 0.717) is 19.0 Å². The second-order valence-electron chi connectivity index (χ2n) is 7.25. The van der Waals surface area contributed by atoms with Gasteiger partial charge in [0.2, 0.25) is 0 Å². The molecule has 3 N–H and O–H groups in total. The van der Waals surface area contributed by atoms with Crippen molar-refractivity contribution in [3.8, 4) is 0 Å². The summed E-state index contributed by atoms with van der Waals surface area (Å²) >= 11 is 1.63. The Labute approximate surface area is 148 Å². The van der Waals surface area contributed by atoms with E-state index in [4.69, 9.17) is 0 Å². The van der Waals surface area contributed by atoms with Crippen LogP contribution in [-0.4, -0.2) is 42.1 Å². The second kappa shape index (κ2) is 8.37. The fourth-order valence-corrected chi connectivity index (χ4v) is 3.26. The van der Waals surface area contributed by atoms with Crippen molar-refractivity contribution < 1.29 is 9.59 Å². The van der Waals surface area contributed by atoms with Crippen LogP contribution in [0.15, 0.2) is 17.5 Å². The van der Waals surface area contributed by atoms with Crippen LogP contribution in [0, 0.1) is 5.92 Å². The first-order valence-electron chi connectivity index (χ1n) is 8.44. The van der Waals surface area contributed by atoms with Crippen LogP contribution >= 0.6 is 11.3 Å². The minimum atomic E-state index is -0.212. The van der Waals surface area contributed by atoms with E-state index in [2.05, 4.69) is 16.0 Å². The number of carbonyl (C=O) groups is 2. The predicted molar refractivity (Wildman–Crippen MR) is 97.1 cm³/mol. The highest BCUT2D eigenvalue weighted by Gasteiger charge is 2.25. The number of rotatable bonds is 4. The molecule has 0 bridgehead atoms. The number of piperidine rings is 1. The van der Waals surface area contributed by atoms with Crippen LogP contribution in [0.2, 0.25) is 0 Å². The zero-order valence-electron chi connectivity index (χ0n) is 14.7. The Bertz CT molecular complexity index is 531. The van der Waals surface area contributed by atoms with Gasteiger partial charge in [-0.1, -0.05) is 6.07 Å². The van der Waals surface area contributed by atoms with E-state index in [0.717, 1.165) is 30.8 Å². The molecule has 1 aliphatic heterocycles. The van der Waals surface area contributed by atoms with E-state index >= 15 is 0 Å². The van der Waals surface area contributed by atoms with Crippen molar-refractivity contribution in [2.45, 2.75) is 45.7 Å². The van der Waals surface area contributed by atoms with Crippen molar-refractivity contribution in [1.82, 2.24) is 20.9 Å². The minimum Gasteiger partial charge on any atom is -0.338 e. The van der Waals surface area contributed by atoms with Crippen LogP contribution in [0.25, 0.3) is 0 Å². The smallest absolute Gasteiger partial charge is 0.317 e. The molecule has 6 nitrogen and oxygen atoms in total. The average Bonchev–Trinajstić information content (AvgIpc) is 3.03. The van der Waals surface area contributed by atoms with Gasteiger partial charge in [0.15, 0.2) is 0 Å². The molecular formula is C17H28N4O2S. The van der Waals surface area contributed by atoms with Gasteiger partial charge < -0.3 is 20.9 Å². The van der Waals surface area contributed by atoms with Crippen LogP contribution in [0.3, 0.4) is 0 Å². The first-order valence-corrected chi connectivity index (χ1v) is 9.32. The highest BCUT2D eigenvalue weighted by Crippen LogP contribution is 2.17. The molecule has 0 atom stereocenters. The number of thiophene rings is 1. The van der Waals surface area contributed by atoms with Gasteiger partial charge in [-0.05, 0) is 51.0 Å². The third-order valence-corrected chi connectivity index (χ3v) is 4.81. The fourth-order valence-electron chi connectivity index (χ4n) is 2.62. The first-order chi connectivity index (χ1) is 11.3. The molecular weight excluding hydrogens is 324 g/mol. The zero-order valence-corrected chi connectivity index (χ0v) is 15.5. The van der Waals surface area contributed by atoms with E-state index < -0.39 is 0 Å².